The number of alkyl halides is 3. The molecule has 0 aromatic carbocycles. The number of halogens is 3. The number of rotatable bonds is 2. The highest BCUT2D eigenvalue weighted by atomic mass is 19.4. The summed E-state index contributed by atoms with van der Waals surface area (Å²) < 4.78 is 37.8. The van der Waals surface area contributed by atoms with E-state index in [9.17, 15) is 18.3 Å². The normalized spacial score (nSPS) is 30.3. The van der Waals surface area contributed by atoms with Gasteiger partial charge in [-0.05, 0) is 36.3 Å². The predicted octanol–water partition coefficient (Wildman–Crippen LogP) is 2.10. The number of aliphatic hydroxyl groups is 2. The fraction of sp³-hybridized carbons (Fsp3) is 1.00. The summed E-state index contributed by atoms with van der Waals surface area (Å²) in [6.45, 7) is 0. The van der Waals surface area contributed by atoms with Crippen LogP contribution in [0.5, 0.6) is 0 Å². The van der Waals surface area contributed by atoms with Crippen molar-refractivity contribution in [3.8, 4) is 0 Å². The Morgan fingerprint density at radius 3 is 2.06 bits per heavy atom. The number of hydrogen-bond donors (Lipinski definition) is 2. The largest absolute Gasteiger partial charge is 0.423 e. The van der Waals surface area contributed by atoms with Crippen LogP contribution in [0.25, 0.3) is 10.4 Å². The third kappa shape index (κ3) is 2.40. The molecule has 1 rings (SSSR count). The summed E-state index contributed by atoms with van der Waals surface area (Å²) in [7, 11) is 0. The van der Waals surface area contributed by atoms with E-state index in [1.807, 2.05) is 0 Å². The summed E-state index contributed by atoms with van der Waals surface area (Å²) >= 11 is 0. The Morgan fingerprint density at radius 2 is 1.69 bits per heavy atom. The average molecular weight is 239 g/mol. The summed E-state index contributed by atoms with van der Waals surface area (Å²) in [5.74, 6) is -1.19. The molecule has 0 radical (unpaired) electrons. The Hall–Kier alpha value is -0.980. The molecule has 8 heteroatoms. The lowest BCUT2D eigenvalue weighted by Crippen LogP contribution is -2.50. The van der Waals surface area contributed by atoms with Gasteiger partial charge >= 0.3 is 6.18 Å². The van der Waals surface area contributed by atoms with Gasteiger partial charge in [0.2, 0.25) is 5.72 Å². The van der Waals surface area contributed by atoms with Crippen molar-refractivity contribution in [1.82, 2.24) is 0 Å². The zero-order valence-electron chi connectivity index (χ0n) is 8.35. The van der Waals surface area contributed by atoms with Crippen molar-refractivity contribution >= 4 is 0 Å². The van der Waals surface area contributed by atoms with Crippen molar-refractivity contribution in [1.29, 1.82) is 0 Å². The molecule has 0 bridgehead atoms. The van der Waals surface area contributed by atoms with Crippen LogP contribution in [0.15, 0.2) is 5.11 Å². The highest BCUT2D eigenvalue weighted by molar-refractivity contribution is 4.93. The number of nitrogens with zero attached hydrogens (tertiary/aromatic N) is 3. The molecule has 1 aliphatic carbocycles. The topological polar surface area (TPSA) is 89.2 Å². The third-order valence-electron chi connectivity index (χ3n) is 2.88. The van der Waals surface area contributed by atoms with E-state index in [4.69, 9.17) is 10.6 Å². The highest BCUT2D eigenvalue weighted by Crippen LogP contribution is 2.43. The third-order valence-corrected chi connectivity index (χ3v) is 2.88. The average Bonchev–Trinajstić information content (AvgIpc) is 2.17. The molecule has 92 valence electrons. The Morgan fingerprint density at radius 1 is 1.19 bits per heavy atom. The van der Waals surface area contributed by atoms with E-state index in [2.05, 4.69) is 10.0 Å². The fourth-order valence-corrected chi connectivity index (χ4v) is 1.92. The number of azide groups is 1. The Kier molecular flexibility index (Phi) is 3.67. The maximum absolute atomic E-state index is 12.6. The second kappa shape index (κ2) is 4.48. The minimum Gasteiger partial charge on any atom is -0.393 e. The molecule has 0 amide bonds. The molecule has 1 saturated carbocycles. The molecule has 1 fully saturated rings. The van der Waals surface area contributed by atoms with Crippen LogP contribution >= 0.6 is 0 Å². The summed E-state index contributed by atoms with van der Waals surface area (Å²) in [5.41, 5.74) is 4.74. The zero-order valence-corrected chi connectivity index (χ0v) is 8.35. The van der Waals surface area contributed by atoms with Crippen molar-refractivity contribution in [2.45, 2.75) is 43.7 Å². The molecule has 0 spiro atoms. The lowest BCUT2D eigenvalue weighted by molar-refractivity contribution is -0.281. The first-order chi connectivity index (χ1) is 7.31. The van der Waals surface area contributed by atoms with Crippen LogP contribution in [0.1, 0.15) is 25.7 Å². The molecule has 0 heterocycles. The maximum Gasteiger partial charge on any atom is 0.423 e. The van der Waals surface area contributed by atoms with Gasteiger partial charge in [-0.3, -0.25) is 0 Å². The van der Waals surface area contributed by atoms with Gasteiger partial charge in [-0.1, -0.05) is 0 Å². The molecule has 2 N–H and O–H groups in total. The van der Waals surface area contributed by atoms with Gasteiger partial charge in [-0.15, -0.1) is 0 Å². The van der Waals surface area contributed by atoms with Crippen LogP contribution in [-0.4, -0.2) is 28.2 Å². The molecule has 5 nitrogen and oxygen atoms in total. The van der Waals surface area contributed by atoms with Crippen LogP contribution in [0.2, 0.25) is 0 Å². The molecule has 0 saturated heterocycles. The molecule has 16 heavy (non-hydrogen) atoms. The monoisotopic (exact) mass is 239 g/mol. The molecule has 1 unspecified atom stereocenters. The number of aliphatic hydroxyl groups excluding tert-OH is 1. The fourth-order valence-electron chi connectivity index (χ4n) is 1.92. The van der Waals surface area contributed by atoms with Gasteiger partial charge in [0.05, 0.1) is 6.10 Å². The Balaban J connectivity index is 2.90. The molecule has 0 aromatic heterocycles. The van der Waals surface area contributed by atoms with E-state index in [0.717, 1.165) is 0 Å². The maximum atomic E-state index is 12.6. The van der Waals surface area contributed by atoms with E-state index in [1.54, 1.807) is 0 Å². The minimum absolute atomic E-state index is 0.0177. The van der Waals surface area contributed by atoms with E-state index in [0.29, 0.717) is 0 Å². The van der Waals surface area contributed by atoms with Gasteiger partial charge in [0.1, 0.15) is 0 Å². The molecule has 1 atom stereocenters. The van der Waals surface area contributed by atoms with Crippen LogP contribution in [-0.2, 0) is 0 Å². The summed E-state index contributed by atoms with van der Waals surface area (Å²) in [6.07, 6.45) is -5.33. The first-order valence-electron chi connectivity index (χ1n) is 4.84. The molecule has 1 aliphatic rings. The highest BCUT2D eigenvalue weighted by Gasteiger charge is 2.58. The Bertz CT molecular complexity index is 295. The quantitative estimate of drug-likeness (QED) is 0.439. The van der Waals surface area contributed by atoms with Gasteiger partial charge in [-0.2, -0.15) is 13.2 Å². The van der Waals surface area contributed by atoms with Crippen LogP contribution in [0.4, 0.5) is 13.2 Å². The smallest absolute Gasteiger partial charge is 0.393 e. The summed E-state index contributed by atoms with van der Waals surface area (Å²) in [4.78, 5) is 2.06. The lowest BCUT2D eigenvalue weighted by atomic mass is 9.80. The predicted molar refractivity (Wildman–Crippen MR) is 48.1 cm³/mol. The second-order valence-corrected chi connectivity index (χ2v) is 3.92. The SMILES string of the molecule is [N-]=[N+]=NC(O)(C1CCC(O)CC1)C(F)(F)F. The van der Waals surface area contributed by atoms with Gasteiger partial charge < -0.3 is 10.2 Å². The van der Waals surface area contributed by atoms with Gasteiger partial charge in [0, 0.05) is 10.8 Å². The van der Waals surface area contributed by atoms with Crippen LogP contribution in [0, 0.1) is 5.92 Å². The second-order valence-electron chi connectivity index (χ2n) is 3.92. The van der Waals surface area contributed by atoms with Crippen molar-refractivity contribution in [2.24, 2.45) is 11.0 Å². The van der Waals surface area contributed by atoms with E-state index in [1.165, 1.54) is 0 Å². The molecule has 0 aliphatic heterocycles. The lowest BCUT2D eigenvalue weighted by Gasteiger charge is -2.37. The number of hydrogen-bond acceptors (Lipinski definition) is 3. The van der Waals surface area contributed by atoms with E-state index < -0.39 is 23.9 Å². The zero-order chi connectivity index (χ0) is 12.4. The standard InChI is InChI=1S/C8H12F3N3O2/c9-8(10,11)7(16,13-14-12)5-1-3-6(15)4-2-5/h5-6,15-16H,1-4H2. The van der Waals surface area contributed by atoms with Gasteiger partial charge in [0.25, 0.3) is 0 Å². The first-order valence-corrected chi connectivity index (χ1v) is 4.84. The van der Waals surface area contributed by atoms with Gasteiger partial charge in [-0.25, -0.2) is 0 Å². The minimum atomic E-state index is -4.99. The molecular formula is C8H12F3N3O2. The van der Waals surface area contributed by atoms with Crippen molar-refractivity contribution < 1.29 is 23.4 Å². The van der Waals surface area contributed by atoms with Crippen molar-refractivity contribution in [3.63, 3.8) is 0 Å². The van der Waals surface area contributed by atoms with Crippen molar-refractivity contribution in [2.75, 3.05) is 0 Å². The van der Waals surface area contributed by atoms with E-state index in [-0.39, 0.29) is 25.7 Å². The van der Waals surface area contributed by atoms with Crippen LogP contribution < -0.4 is 0 Å². The van der Waals surface area contributed by atoms with E-state index >= 15 is 0 Å². The Labute approximate surface area is 89.5 Å². The van der Waals surface area contributed by atoms with Crippen LogP contribution in [0.3, 0.4) is 0 Å². The first kappa shape index (κ1) is 13.1. The van der Waals surface area contributed by atoms with Gasteiger partial charge in [0.15, 0.2) is 0 Å². The van der Waals surface area contributed by atoms with Crippen molar-refractivity contribution in [3.05, 3.63) is 10.4 Å². The molecular weight excluding hydrogens is 227 g/mol. The molecule has 0 aromatic rings. The summed E-state index contributed by atoms with van der Waals surface area (Å²) in [6, 6.07) is 0. The summed E-state index contributed by atoms with van der Waals surface area (Å²) in [5, 5.41) is 21.1.